The van der Waals surface area contributed by atoms with Crippen molar-refractivity contribution in [1.82, 2.24) is 30.1 Å². The molecule has 14 heteroatoms. The molecule has 0 unspecified atom stereocenters. The molecule has 8 rings (SSSR count). The van der Waals surface area contributed by atoms with E-state index in [1.54, 1.807) is 25.3 Å². The fourth-order valence-electron chi connectivity index (χ4n) is 7.93. The summed E-state index contributed by atoms with van der Waals surface area (Å²) in [7, 11) is 1.60. The predicted molar refractivity (Wildman–Crippen MR) is 178 cm³/mol. The van der Waals surface area contributed by atoms with E-state index in [1.807, 2.05) is 0 Å². The van der Waals surface area contributed by atoms with Gasteiger partial charge >= 0.3 is 6.01 Å². The van der Waals surface area contributed by atoms with Crippen LogP contribution in [-0.4, -0.2) is 107 Å². The third-order valence-electron chi connectivity index (χ3n) is 10.8. The van der Waals surface area contributed by atoms with E-state index in [9.17, 15) is 13.6 Å². The number of alkyl halides is 2. The van der Waals surface area contributed by atoms with E-state index >= 15 is 13.2 Å². The highest BCUT2D eigenvalue weighted by Crippen LogP contribution is 2.41. The molecule has 2 aromatic heterocycles. The number of likely N-dealkylation sites (N-methyl/N-ethyl adjacent to an activating group) is 1. The van der Waals surface area contributed by atoms with Gasteiger partial charge in [0.05, 0.1) is 23.5 Å². The van der Waals surface area contributed by atoms with Crippen LogP contribution in [0.5, 0.6) is 6.01 Å². The van der Waals surface area contributed by atoms with E-state index in [-0.39, 0.29) is 71.0 Å². The van der Waals surface area contributed by atoms with Gasteiger partial charge in [-0.05, 0) is 43.8 Å². The maximum absolute atomic E-state index is 16.7. The van der Waals surface area contributed by atoms with Crippen LogP contribution >= 0.6 is 0 Å². The number of aromatic nitrogens is 3. The van der Waals surface area contributed by atoms with E-state index < -0.39 is 41.4 Å². The molecule has 262 valence electrons. The number of hydrogen-bond donors (Lipinski definition) is 1. The second kappa shape index (κ2) is 12.7. The van der Waals surface area contributed by atoms with E-state index in [0.717, 1.165) is 38.4 Å². The third-order valence-corrected chi connectivity index (χ3v) is 10.8. The molecule has 0 spiro atoms. The van der Waals surface area contributed by atoms with Crippen LogP contribution in [0.1, 0.15) is 25.7 Å². The van der Waals surface area contributed by atoms with Crippen LogP contribution in [0.25, 0.3) is 32.9 Å². The molecule has 4 aromatic rings. The number of carbonyl (C=O) groups excluding carboxylic acids is 1. The first kappa shape index (κ1) is 32.8. The molecule has 4 fully saturated rings. The Hall–Kier alpha value is -4.43. The molecular formula is C36H36F5N7O2. The van der Waals surface area contributed by atoms with Crippen molar-refractivity contribution < 1.29 is 31.5 Å². The second-order valence-corrected chi connectivity index (χ2v) is 13.8. The van der Waals surface area contributed by atoms with Gasteiger partial charge in [-0.15, -0.1) is 0 Å². The summed E-state index contributed by atoms with van der Waals surface area (Å²) in [6.07, 6.45) is 4.93. The molecule has 9 nitrogen and oxygen atoms in total. The van der Waals surface area contributed by atoms with Gasteiger partial charge in [0.2, 0.25) is 5.91 Å². The number of benzene rings is 2. The summed E-state index contributed by atoms with van der Waals surface area (Å²) in [4.78, 5) is 31.3. The largest absolute Gasteiger partial charge is 0.461 e. The van der Waals surface area contributed by atoms with Crippen molar-refractivity contribution in [2.24, 2.45) is 0 Å². The maximum atomic E-state index is 16.7. The molecular weight excluding hydrogens is 657 g/mol. The number of rotatable bonds is 8. The lowest BCUT2D eigenvalue weighted by atomic mass is 9.95. The van der Waals surface area contributed by atoms with Crippen LogP contribution in [0, 0.1) is 17.5 Å². The maximum Gasteiger partial charge on any atom is 0.319 e. The Morgan fingerprint density at radius 3 is 2.76 bits per heavy atom. The first-order valence-corrected chi connectivity index (χ1v) is 16.9. The van der Waals surface area contributed by atoms with Crippen LogP contribution in [0.3, 0.4) is 0 Å². The van der Waals surface area contributed by atoms with Gasteiger partial charge < -0.3 is 19.9 Å². The first-order valence-electron chi connectivity index (χ1n) is 16.9. The summed E-state index contributed by atoms with van der Waals surface area (Å²) in [5.41, 5.74) is -1.01. The van der Waals surface area contributed by atoms with Crippen LogP contribution in [-0.2, 0) is 4.79 Å². The molecule has 0 aliphatic carbocycles. The van der Waals surface area contributed by atoms with Gasteiger partial charge in [0, 0.05) is 55.8 Å². The number of fused-ring (bicyclic) bond motifs is 3. The third kappa shape index (κ3) is 5.62. The molecule has 50 heavy (non-hydrogen) atoms. The number of likely N-dealkylation sites (tertiary alicyclic amines) is 1. The van der Waals surface area contributed by atoms with Gasteiger partial charge in [0.25, 0.3) is 0 Å². The Labute approximate surface area is 285 Å². The number of ether oxygens (including phenoxy) is 1. The number of nitrogens with zero attached hydrogens (tertiary/aromatic N) is 6. The van der Waals surface area contributed by atoms with Crippen LogP contribution in [0.4, 0.5) is 27.8 Å². The molecule has 1 amide bonds. The highest BCUT2D eigenvalue weighted by molar-refractivity contribution is 5.99. The highest BCUT2D eigenvalue weighted by atomic mass is 19.2. The Bertz CT molecular complexity index is 2010. The summed E-state index contributed by atoms with van der Waals surface area (Å²) in [5.74, 6) is -3.35. The molecule has 5 atom stereocenters. The van der Waals surface area contributed by atoms with Crippen molar-refractivity contribution in [2.75, 3.05) is 51.3 Å². The van der Waals surface area contributed by atoms with Gasteiger partial charge in [-0.3, -0.25) is 14.7 Å². The monoisotopic (exact) mass is 693 g/mol. The Balaban J connectivity index is 1.18. The Morgan fingerprint density at radius 1 is 1.12 bits per heavy atom. The van der Waals surface area contributed by atoms with Gasteiger partial charge in [0.1, 0.15) is 36.0 Å². The van der Waals surface area contributed by atoms with Gasteiger partial charge in [0.15, 0.2) is 17.5 Å². The van der Waals surface area contributed by atoms with E-state index in [2.05, 4.69) is 25.2 Å². The molecule has 4 saturated heterocycles. The summed E-state index contributed by atoms with van der Waals surface area (Å²) in [6.45, 7) is 1.91. The standard InChI is InChI=1S/C36H36F5N7O2/c1-46(27-18-47(17-26(27)39)28(49)9-7-22-10-12-42-22)34-24-15-43-32(23-5-2-4-20-6-8-25(38)30(40)29(20)23)31(41)33(24)44-35(45-34)50-19-36-11-3-13-48(36)16-21(37)14-36/h2,4-9,15,21-22,26-27,42H,3,10-14,16-19H2,1H3/b9-7+/t21-,22+,26+,27+,36+/m1/s1. The van der Waals surface area contributed by atoms with Crippen molar-refractivity contribution in [1.29, 1.82) is 0 Å². The zero-order chi connectivity index (χ0) is 34.7. The SMILES string of the molecule is CN(c1nc(OC[C@@]23CCCN2C[C@H](F)C3)nc2c(F)c(-c3cccc4ccc(F)c(F)c34)ncc12)[C@H]1CN(C(=O)/C=C/[C@H]2CCN2)C[C@@H]1F. The van der Waals surface area contributed by atoms with Gasteiger partial charge in [-0.1, -0.05) is 30.3 Å². The second-order valence-electron chi connectivity index (χ2n) is 13.8. The lowest BCUT2D eigenvalue weighted by Gasteiger charge is -2.31. The molecule has 2 aromatic carbocycles. The van der Waals surface area contributed by atoms with E-state index in [4.69, 9.17) is 4.74 Å². The van der Waals surface area contributed by atoms with Crippen molar-refractivity contribution in [3.05, 3.63) is 66.1 Å². The average Bonchev–Trinajstić information content (AvgIpc) is 3.75. The Kier molecular flexibility index (Phi) is 8.33. The van der Waals surface area contributed by atoms with Crippen molar-refractivity contribution >= 4 is 33.4 Å². The minimum absolute atomic E-state index is 0.0224. The predicted octanol–water partition coefficient (Wildman–Crippen LogP) is 5.12. The topological polar surface area (TPSA) is 86.7 Å². The number of amides is 1. The van der Waals surface area contributed by atoms with E-state index in [1.165, 1.54) is 34.2 Å². The van der Waals surface area contributed by atoms with Crippen LogP contribution < -0.4 is 15.0 Å². The molecule has 0 radical (unpaired) electrons. The normalized spacial score (nSPS) is 26.6. The lowest BCUT2D eigenvalue weighted by molar-refractivity contribution is -0.125. The van der Waals surface area contributed by atoms with Gasteiger partial charge in [-0.25, -0.2) is 22.0 Å². The first-order chi connectivity index (χ1) is 24.1. The van der Waals surface area contributed by atoms with Crippen LogP contribution in [0.2, 0.25) is 0 Å². The van der Waals surface area contributed by atoms with Crippen LogP contribution in [0.15, 0.2) is 48.7 Å². The molecule has 0 saturated carbocycles. The molecule has 0 bridgehead atoms. The van der Waals surface area contributed by atoms with Gasteiger partial charge in [-0.2, -0.15) is 9.97 Å². The zero-order valence-corrected chi connectivity index (χ0v) is 27.4. The number of hydrogen-bond acceptors (Lipinski definition) is 8. The lowest BCUT2D eigenvalue weighted by Crippen LogP contribution is -2.43. The number of carbonyl (C=O) groups is 1. The number of pyridine rings is 1. The number of halogens is 5. The molecule has 6 heterocycles. The average molecular weight is 694 g/mol. The molecule has 4 aliphatic rings. The van der Waals surface area contributed by atoms with Crippen molar-refractivity contribution in [2.45, 2.75) is 55.6 Å². The summed E-state index contributed by atoms with van der Waals surface area (Å²) >= 11 is 0. The molecule has 4 aliphatic heterocycles. The smallest absolute Gasteiger partial charge is 0.319 e. The van der Waals surface area contributed by atoms with Crippen molar-refractivity contribution in [3.63, 3.8) is 0 Å². The molecule has 1 N–H and O–H groups in total. The number of anilines is 1. The highest BCUT2D eigenvalue weighted by Gasteiger charge is 2.49. The Morgan fingerprint density at radius 2 is 1.96 bits per heavy atom. The minimum Gasteiger partial charge on any atom is -0.461 e. The zero-order valence-electron chi connectivity index (χ0n) is 27.4. The summed E-state index contributed by atoms with van der Waals surface area (Å²) in [5, 5.41) is 3.53. The fraction of sp³-hybridized carbons (Fsp3) is 0.444. The number of nitrogens with one attached hydrogen (secondary N) is 1. The minimum atomic E-state index is -1.45. The summed E-state index contributed by atoms with van der Waals surface area (Å²) < 4.78 is 82.5. The quantitative estimate of drug-likeness (QED) is 0.201. The fourth-order valence-corrected chi connectivity index (χ4v) is 7.93. The summed E-state index contributed by atoms with van der Waals surface area (Å²) in [6, 6.07) is 6.10. The van der Waals surface area contributed by atoms with E-state index in [0.29, 0.717) is 18.4 Å². The van der Waals surface area contributed by atoms with Crippen molar-refractivity contribution in [3.8, 4) is 17.3 Å².